The molecule has 59 heavy (non-hydrogen) atoms. The van der Waals surface area contributed by atoms with Crippen LogP contribution in [0, 0.1) is 0 Å². The molecule has 6 heteroatoms. The van der Waals surface area contributed by atoms with Gasteiger partial charge >= 0.3 is 0 Å². The van der Waals surface area contributed by atoms with Gasteiger partial charge < -0.3 is 29.4 Å². The molecule has 0 fully saturated rings. The van der Waals surface area contributed by atoms with E-state index in [2.05, 4.69) is 206 Å². The van der Waals surface area contributed by atoms with Crippen LogP contribution < -0.4 is 9.47 Å². The highest BCUT2D eigenvalue weighted by Gasteiger charge is 2.29. The Labute approximate surface area is 344 Å². The molecule has 0 saturated carbocycles. The van der Waals surface area contributed by atoms with Crippen molar-refractivity contribution in [1.82, 2.24) is 19.9 Å². The molecule has 4 heterocycles. The molecule has 10 rings (SSSR count). The molecule has 4 N–H and O–H groups in total. The summed E-state index contributed by atoms with van der Waals surface area (Å²) in [4.78, 5) is 14.3. The van der Waals surface area contributed by atoms with Crippen molar-refractivity contribution in [1.29, 1.82) is 0 Å². The Balaban J connectivity index is 1.14. The van der Waals surface area contributed by atoms with Crippen molar-refractivity contribution in [3.8, 4) is 11.5 Å². The Morgan fingerprint density at radius 2 is 0.678 bits per heavy atom. The zero-order valence-corrected chi connectivity index (χ0v) is 33.8. The van der Waals surface area contributed by atoms with Crippen LogP contribution in [0.25, 0.3) is 43.6 Å². The summed E-state index contributed by atoms with van der Waals surface area (Å²) < 4.78 is 13.3. The van der Waals surface area contributed by atoms with E-state index in [1.807, 2.05) is 0 Å². The summed E-state index contributed by atoms with van der Waals surface area (Å²) in [5, 5.41) is 4.81. The molecule has 0 radical (unpaired) electrons. The van der Waals surface area contributed by atoms with Crippen molar-refractivity contribution < 1.29 is 9.47 Å². The van der Waals surface area contributed by atoms with Gasteiger partial charge in [-0.05, 0) is 104 Å². The Hall–Kier alpha value is -6.92. The summed E-state index contributed by atoms with van der Waals surface area (Å²) in [5.41, 5.74) is 14.0. The van der Waals surface area contributed by atoms with Crippen LogP contribution in [0.15, 0.2) is 158 Å². The molecule has 292 valence electrons. The quantitative estimate of drug-likeness (QED) is 0.0997. The van der Waals surface area contributed by atoms with E-state index in [-0.39, 0.29) is 24.0 Å². The van der Waals surface area contributed by atoms with Gasteiger partial charge in [0.15, 0.2) is 0 Å². The third kappa shape index (κ3) is 6.74. The maximum atomic E-state index is 6.67. The second-order valence-corrected chi connectivity index (χ2v) is 16.3. The molecule has 0 atom stereocenters. The first-order valence-electron chi connectivity index (χ1n) is 20.7. The zero-order chi connectivity index (χ0) is 40.0. The molecule has 6 nitrogen and oxygen atoms in total. The second-order valence-electron chi connectivity index (χ2n) is 16.3. The molecule has 6 aromatic carbocycles. The average Bonchev–Trinajstić information content (AvgIpc) is 4.06. The van der Waals surface area contributed by atoms with E-state index < -0.39 is 0 Å². The highest BCUT2D eigenvalue weighted by Crippen LogP contribution is 2.46. The summed E-state index contributed by atoms with van der Waals surface area (Å²) in [7, 11) is 0. The lowest BCUT2D eigenvalue weighted by Gasteiger charge is -2.24. The number of nitrogens with one attached hydrogen (secondary N) is 4. The molecular formula is C53H48N4O2. The third-order valence-corrected chi connectivity index (χ3v) is 11.6. The highest BCUT2D eigenvalue weighted by molar-refractivity contribution is 5.91. The van der Waals surface area contributed by atoms with Gasteiger partial charge in [0.25, 0.3) is 0 Å². The minimum Gasteiger partial charge on any atom is -0.491 e. The van der Waals surface area contributed by atoms with Crippen LogP contribution in [0.2, 0.25) is 0 Å². The topological polar surface area (TPSA) is 81.6 Å². The lowest BCUT2D eigenvalue weighted by atomic mass is 9.82. The van der Waals surface area contributed by atoms with Crippen molar-refractivity contribution >= 4 is 43.6 Å². The predicted octanol–water partition coefficient (Wildman–Crippen LogP) is 13.1. The van der Waals surface area contributed by atoms with Gasteiger partial charge in [-0.3, -0.25) is 0 Å². The minimum atomic E-state index is -0.0958. The molecule has 0 amide bonds. The van der Waals surface area contributed by atoms with Crippen molar-refractivity contribution in [2.24, 2.45) is 0 Å². The minimum absolute atomic E-state index is 0.00760. The van der Waals surface area contributed by atoms with E-state index in [0.29, 0.717) is 0 Å². The first-order chi connectivity index (χ1) is 28.9. The van der Waals surface area contributed by atoms with Gasteiger partial charge in [-0.2, -0.15) is 0 Å². The van der Waals surface area contributed by atoms with Crippen LogP contribution in [0.3, 0.4) is 0 Å². The molecule has 4 aromatic heterocycles. The fourth-order valence-corrected chi connectivity index (χ4v) is 9.16. The Bertz CT molecular complexity index is 2730. The predicted molar refractivity (Wildman–Crippen MR) is 242 cm³/mol. The number of ether oxygens (including phenoxy) is 2. The first kappa shape index (κ1) is 36.4. The second kappa shape index (κ2) is 15.1. The van der Waals surface area contributed by atoms with Crippen molar-refractivity contribution in [2.45, 2.75) is 58.2 Å². The number of fused-ring (bicyclic) bond motifs is 4. The lowest BCUT2D eigenvalue weighted by molar-refractivity contribution is 0.239. The van der Waals surface area contributed by atoms with Gasteiger partial charge in [0.05, 0.1) is 12.2 Å². The summed E-state index contributed by atoms with van der Waals surface area (Å²) in [5.74, 6) is 1.59. The number of aromatic amines is 4. The van der Waals surface area contributed by atoms with Crippen molar-refractivity contribution in [3.63, 3.8) is 0 Å². The van der Waals surface area contributed by atoms with Crippen LogP contribution >= 0.6 is 0 Å². The number of hydrogen-bond acceptors (Lipinski definition) is 2. The number of benzene rings is 6. The molecule has 0 spiro atoms. The smallest absolute Gasteiger partial charge is 0.123 e. The summed E-state index contributed by atoms with van der Waals surface area (Å²) in [6, 6.07) is 47.9. The van der Waals surface area contributed by atoms with Crippen LogP contribution in [-0.2, 0) is 6.42 Å². The number of aromatic nitrogens is 4. The van der Waals surface area contributed by atoms with Crippen LogP contribution in [-0.4, -0.2) is 32.1 Å². The molecule has 0 aliphatic rings. The summed E-state index contributed by atoms with van der Waals surface area (Å²) in [6.45, 7) is 8.41. The number of H-pyrrole nitrogens is 4. The normalized spacial score (nSPS) is 12.1. The molecule has 0 bridgehead atoms. The van der Waals surface area contributed by atoms with Crippen LogP contribution in [0.1, 0.15) is 84.0 Å². The largest absolute Gasteiger partial charge is 0.491 e. The molecule has 0 unspecified atom stereocenters. The summed E-state index contributed by atoms with van der Waals surface area (Å²) in [6.07, 6.45) is 9.46. The average molecular weight is 773 g/mol. The SMILES string of the molecule is CC(C)Oc1ccc(Cc2ccc(OC(C)C)c(C(c3c[nH]c4ccccc34)c3c[nH]c4ccccc34)c2)cc1C(c1c[nH]c2ccccc12)c1c[nH]c2ccccc12. The number of para-hydroxylation sites is 4. The zero-order valence-electron chi connectivity index (χ0n) is 33.8. The van der Waals surface area contributed by atoms with E-state index in [1.54, 1.807) is 0 Å². The maximum Gasteiger partial charge on any atom is 0.123 e. The molecular weight excluding hydrogens is 725 g/mol. The van der Waals surface area contributed by atoms with Crippen LogP contribution in [0.4, 0.5) is 0 Å². The maximum absolute atomic E-state index is 6.67. The van der Waals surface area contributed by atoms with Crippen molar-refractivity contribution in [3.05, 3.63) is 203 Å². The van der Waals surface area contributed by atoms with Crippen LogP contribution in [0.5, 0.6) is 11.5 Å². The van der Waals surface area contributed by atoms with E-state index in [9.17, 15) is 0 Å². The standard InChI is InChI=1S/C53H48N4O2/c1-32(2)58-50-23-21-34(26-40(50)52(42-28-54-46-17-9-5-13-36(42)46)43-29-55-47-18-10-6-14-37(43)47)25-35-22-24-51(59-33(3)4)41(27-35)53(44-30-56-48-19-11-7-15-38(44)48)45-31-57-49-20-12-8-16-39(45)49/h5-24,26-33,52-57H,25H2,1-4H3. The molecule has 10 aromatic rings. The van der Waals surface area contributed by atoms with E-state index in [0.717, 1.165) is 51.1 Å². The molecule has 0 aliphatic carbocycles. The van der Waals surface area contributed by atoms with Gasteiger partial charge in [-0.1, -0.05) is 97.1 Å². The van der Waals surface area contributed by atoms with Gasteiger partial charge in [0.1, 0.15) is 11.5 Å². The van der Waals surface area contributed by atoms with Gasteiger partial charge in [0, 0.05) is 91.4 Å². The molecule has 0 aliphatic heterocycles. The Morgan fingerprint density at radius 3 is 0.983 bits per heavy atom. The first-order valence-corrected chi connectivity index (χ1v) is 20.7. The Kier molecular flexibility index (Phi) is 9.33. The fourth-order valence-electron chi connectivity index (χ4n) is 9.16. The number of rotatable bonds is 12. The fraction of sp³-hybridized carbons (Fsp3) is 0.170. The van der Waals surface area contributed by atoms with E-state index >= 15 is 0 Å². The summed E-state index contributed by atoms with van der Waals surface area (Å²) >= 11 is 0. The monoisotopic (exact) mass is 772 g/mol. The van der Waals surface area contributed by atoms with Gasteiger partial charge in [0.2, 0.25) is 0 Å². The van der Waals surface area contributed by atoms with E-state index in [4.69, 9.17) is 9.47 Å². The molecule has 0 saturated heterocycles. The third-order valence-electron chi connectivity index (χ3n) is 11.6. The Morgan fingerprint density at radius 1 is 0.373 bits per heavy atom. The number of hydrogen-bond donors (Lipinski definition) is 4. The van der Waals surface area contributed by atoms with E-state index in [1.165, 1.54) is 54.9 Å². The highest BCUT2D eigenvalue weighted by atomic mass is 16.5. The van der Waals surface area contributed by atoms with Gasteiger partial charge in [-0.15, -0.1) is 0 Å². The van der Waals surface area contributed by atoms with Gasteiger partial charge in [-0.25, -0.2) is 0 Å². The lowest BCUT2D eigenvalue weighted by Crippen LogP contribution is -2.12. The van der Waals surface area contributed by atoms with Crippen molar-refractivity contribution in [2.75, 3.05) is 0 Å².